The van der Waals surface area contributed by atoms with Crippen LogP contribution in [0.15, 0.2) is 91.0 Å². The highest BCUT2D eigenvalue weighted by Crippen LogP contribution is 2.38. The lowest BCUT2D eigenvalue weighted by Gasteiger charge is -2.17. The zero-order valence-corrected chi connectivity index (χ0v) is 27.0. The van der Waals surface area contributed by atoms with E-state index < -0.39 is 0 Å². The van der Waals surface area contributed by atoms with E-state index in [1.165, 1.54) is 16.7 Å². The number of methoxy groups -OCH3 is 6. The maximum Gasteiger partial charge on any atom is 0.161 e. The normalized spacial score (nSPS) is 10.7. The molecule has 0 spiro atoms. The molecule has 0 aromatic heterocycles. The van der Waals surface area contributed by atoms with Crippen molar-refractivity contribution in [3.8, 4) is 56.8 Å². The first-order valence-corrected chi connectivity index (χ1v) is 14.8. The van der Waals surface area contributed by atoms with Crippen LogP contribution < -0.4 is 28.4 Å². The van der Waals surface area contributed by atoms with Gasteiger partial charge in [-0.05, 0) is 106 Å². The first-order valence-electron chi connectivity index (χ1n) is 14.8. The van der Waals surface area contributed by atoms with E-state index in [-0.39, 0.29) is 0 Å². The van der Waals surface area contributed by atoms with Crippen molar-refractivity contribution in [2.75, 3.05) is 42.7 Å². The van der Waals surface area contributed by atoms with E-state index in [1.54, 1.807) is 42.7 Å². The molecule has 6 heteroatoms. The highest BCUT2D eigenvalue weighted by atomic mass is 16.5. The summed E-state index contributed by atoms with van der Waals surface area (Å²) in [5, 5.41) is 0. The SMILES string of the molecule is COc1ccc(-c2ccc(Cc3cc(OC)c(OC)cc3-c3ccc(Cc4cc(OC)c(OC)cc4C)cc3)cc2)cc1OC. The second-order valence-electron chi connectivity index (χ2n) is 10.8. The predicted octanol–water partition coefficient (Wildman–Crippen LogP) is 8.56. The molecule has 45 heavy (non-hydrogen) atoms. The maximum atomic E-state index is 5.69. The summed E-state index contributed by atoms with van der Waals surface area (Å²) < 4.78 is 33.3. The molecule has 0 saturated heterocycles. The number of rotatable bonds is 12. The summed E-state index contributed by atoms with van der Waals surface area (Å²) in [5.41, 5.74) is 10.3. The van der Waals surface area contributed by atoms with E-state index in [0.717, 1.165) is 57.7 Å². The highest BCUT2D eigenvalue weighted by molar-refractivity contribution is 5.73. The molecule has 232 valence electrons. The Balaban J connectivity index is 1.43. The quantitative estimate of drug-likeness (QED) is 0.142. The lowest BCUT2D eigenvalue weighted by Crippen LogP contribution is -1.99. The molecule has 0 saturated carbocycles. The number of hydrogen-bond acceptors (Lipinski definition) is 6. The molecule has 0 aliphatic heterocycles. The molecule has 0 fully saturated rings. The molecule has 0 N–H and O–H groups in total. The molecule has 5 aromatic rings. The Morgan fingerprint density at radius 1 is 0.378 bits per heavy atom. The van der Waals surface area contributed by atoms with Crippen LogP contribution in [0.4, 0.5) is 0 Å². The summed E-state index contributed by atoms with van der Waals surface area (Å²) in [4.78, 5) is 0. The summed E-state index contributed by atoms with van der Waals surface area (Å²) in [6.45, 7) is 2.10. The fraction of sp³-hybridized carbons (Fsp3) is 0.231. The van der Waals surface area contributed by atoms with E-state index in [4.69, 9.17) is 28.4 Å². The van der Waals surface area contributed by atoms with Gasteiger partial charge in [-0.15, -0.1) is 0 Å². The molecule has 0 aliphatic carbocycles. The van der Waals surface area contributed by atoms with Crippen LogP contribution in [0.5, 0.6) is 34.5 Å². The van der Waals surface area contributed by atoms with Crippen molar-refractivity contribution < 1.29 is 28.4 Å². The Hall–Kier alpha value is -5.10. The van der Waals surface area contributed by atoms with Crippen molar-refractivity contribution >= 4 is 0 Å². The van der Waals surface area contributed by atoms with Gasteiger partial charge < -0.3 is 28.4 Å². The lowest BCUT2D eigenvalue weighted by molar-refractivity contribution is 0.354. The fourth-order valence-electron chi connectivity index (χ4n) is 5.62. The number of ether oxygens (including phenoxy) is 6. The Bertz CT molecular complexity index is 1760. The summed E-state index contributed by atoms with van der Waals surface area (Å²) in [7, 11) is 9.96. The molecule has 0 amide bonds. The molecule has 0 atom stereocenters. The smallest absolute Gasteiger partial charge is 0.161 e. The van der Waals surface area contributed by atoms with Crippen molar-refractivity contribution in [3.05, 3.63) is 119 Å². The van der Waals surface area contributed by atoms with Crippen molar-refractivity contribution in [1.82, 2.24) is 0 Å². The molecule has 0 heterocycles. The van der Waals surface area contributed by atoms with Gasteiger partial charge in [0.15, 0.2) is 34.5 Å². The zero-order chi connectivity index (χ0) is 31.9. The fourth-order valence-corrected chi connectivity index (χ4v) is 5.62. The Kier molecular flexibility index (Phi) is 9.83. The predicted molar refractivity (Wildman–Crippen MR) is 180 cm³/mol. The van der Waals surface area contributed by atoms with Gasteiger partial charge in [-0.2, -0.15) is 0 Å². The number of aryl methyl sites for hydroxylation is 1. The van der Waals surface area contributed by atoms with Crippen LogP contribution in [-0.4, -0.2) is 42.7 Å². The molecule has 0 bridgehead atoms. The molecule has 6 nitrogen and oxygen atoms in total. The summed E-state index contributed by atoms with van der Waals surface area (Å²) >= 11 is 0. The topological polar surface area (TPSA) is 55.4 Å². The van der Waals surface area contributed by atoms with Crippen LogP contribution in [0.1, 0.15) is 27.8 Å². The summed E-state index contributed by atoms with van der Waals surface area (Å²) in [6, 6.07) is 31.5. The van der Waals surface area contributed by atoms with Crippen LogP contribution in [0.2, 0.25) is 0 Å². The Morgan fingerprint density at radius 2 is 0.800 bits per heavy atom. The van der Waals surface area contributed by atoms with Gasteiger partial charge in [0.1, 0.15) is 0 Å². The van der Waals surface area contributed by atoms with E-state index in [0.29, 0.717) is 23.0 Å². The van der Waals surface area contributed by atoms with E-state index in [9.17, 15) is 0 Å². The van der Waals surface area contributed by atoms with Crippen LogP contribution in [0.3, 0.4) is 0 Å². The van der Waals surface area contributed by atoms with E-state index in [1.807, 2.05) is 24.3 Å². The van der Waals surface area contributed by atoms with Crippen LogP contribution in [0, 0.1) is 6.92 Å². The first kappa shape index (κ1) is 31.3. The molecule has 5 aromatic carbocycles. The lowest BCUT2D eigenvalue weighted by atomic mass is 9.92. The second kappa shape index (κ2) is 14.1. The molecular formula is C39H40O6. The molecule has 0 unspecified atom stereocenters. The van der Waals surface area contributed by atoms with Crippen molar-refractivity contribution in [3.63, 3.8) is 0 Å². The average Bonchev–Trinajstić information content (AvgIpc) is 3.09. The standard InChI is InChI=1S/C39H40O6/c1-25-18-35(41-3)37(43-5)22-31(25)19-26-10-14-29(15-11-26)33-24-39(45-7)38(44-6)23-32(33)20-27-8-12-28(13-9-27)30-16-17-34(40-2)36(21-30)42-4/h8-18,21-24H,19-20H2,1-7H3. The summed E-state index contributed by atoms with van der Waals surface area (Å²) in [6.07, 6.45) is 1.52. The first-order chi connectivity index (χ1) is 21.9. The van der Waals surface area contributed by atoms with E-state index in [2.05, 4.69) is 73.7 Å². The highest BCUT2D eigenvalue weighted by Gasteiger charge is 2.15. The van der Waals surface area contributed by atoms with Crippen LogP contribution >= 0.6 is 0 Å². The van der Waals surface area contributed by atoms with Gasteiger partial charge in [0.2, 0.25) is 0 Å². The largest absolute Gasteiger partial charge is 0.493 e. The maximum absolute atomic E-state index is 5.69. The molecular weight excluding hydrogens is 564 g/mol. The third kappa shape index (κ3) is 6.86. The Morgan fingerprint density at radius 3 is 1.36 bits per heavy atom. The zero-order valence-electron chi connectivity index (χ0n) is 27.0. The number of hydrogen-bond donors (Lipinski definition) is 0. The van der Waals surface area contributed by atoms with E-state index >= 15 is 0 Å². The molecule has 0 radical (unpaired) electrons. The van der Waals surface area contributed by atoms with Crippen molar-refractivity contribution in [2.24, 2.45) is 0 Å². The Labute approximate surface area is 266 Å². The third-order valence-electron chi connectivity index (χ3n) is 8.18. The van der Waals surface area contributed by atoms with Gasteiger partial charge in [-0.25, -0.2) is 0 Å². The van der Waals surface area contributed by atoms with Crippen molar-refractivity contribution in [1.29, 1.82) is 0 Å². The number of benzene rings is 5. The van der Waals surface area contributed by atoms with Gasteiger partial charge in [0.05, 0.1) is 42.7 Å². The summed E-state index contributed by atoms with van der Waals surface area (Å²) in [5.74, 6) is 4.30. The van der Waals surface area contributed by atoms with Gasteiger partial charge >= 0.3 is 0 Å². The minimum atomic E-state index is 0.699. The van der Waals surface area contributed by atoms with Crippen LogP contribution in [0.25, 0.3) is 22.3 Å². The average molecular weight is 605 g/mol. The van der Waals surface area contributed by atoms with Gasteiger partial charge in [-0.3, -0.25) is 0 Å². The third-order valence-corrected chi connectivity index (χ3v) is 8.18. The minimum Gasteiger partial charge on any atom is -0.493 e. The second-order valence-corrected chi connectivity index (χ2v) is 10.8. The molecule has 0 aliphatic rings. The van der Waals surface area contributed by atoms with Gasteiger partial charge in [0, 0.05) is 0 Å². The molecule has 5 rings (SSSR count). The van der Waals surface area contributed by atoms with Crippen molar-refractivity contribution in [2.45, 2.75) is 19.8 Å². The van der Waals surface area contributed by atoms with Crippen LogP contribution in [-0.2, 0) is 12.8 Å². The van der Waals surface area contributed by atoms with Gasteiger partial charge in [0.25, 0.3) is 0 Å². The monoisotopic (exact) mass is 604 g/mol. The van der Waals surface area contributed by atoms with Gasteiger partial charge in [-0.1, -0.05) is 54.6 Å². The minimum absolute atomic E-state index is 0.699.